The Kier molecular flexibility index (Phi) is 1.65. The molecule has 1 N–H and O–H groups in total. The Hall–Kier alpha value is -1.41. The van der Waals surface area contributed by atoms with Crippen LogP contribution in [-0.2, 0) is 5.60 Å². The van der Waals surface area contributed by atoms with Crippen LogP contribution in [0.5, 0.6) is 0 Å². The number of hydrogen-bond acceptors (Lipinski definition) is 2. The Balaban J connectivity index is 2.15. The Morgan fingerprint density at radius 2 is 2.20 bits per heavy atom. The second-order valence-corrected chi connectivity index (χ2v) is 4.44. The van der Waals surface area contributed by atoms with Crippen LogP contribution in [0.1, 0.15) is 18.9 Å². The molecule has 0 radical (unpaired) electrons. The summed E-state index contributed by atoms with van der Waals surface area (Å²) in [6.07, 6.45) is 2.66. The molecular formula is C13H13NO. The zero-order valence-electron chi connectivity index (χ0n) is 8.64. The van der Waals surface area contributed by atoms with Crippen molar-refractivity contribution in [3.63, 3.8) is 0 Å². The Labute approximate surface area is 88.6 Å². The van der Waals surface area contributed by atoms with E-state index in [-0.39, 0.29) is 0 Å². The normalized spacial score (nSPS) is 29.3. The first-order valence-electron chi connectivity index (χ1n) is 5.28. The predicted octanol–water partition coefficient (Wildman–Crippen LogP) is 2.46. The summed E-state index contributed by atoms with van der Waals surface area (Å²) in [5, 5.41) is 11.3. The first-order chi connectivity index (χ1) is 7.20. The summed E-state index contributed by atoms with van der Waals surface area (Å²) in [6, 6.07) is 9.97. The number of hydrogen-bond donors (Lipinski definition) is 1. The Bertz CT molecular complexity index is 523. The summed E-state index contributed by atoms with van der Waals surface area (Å²) in [4.78, 5) is 4.26. The molecule has 0 amide bonds. The van der Waals surface area contributed by atoms with Crippen LogP contribution >= 0.6 is 0 Å². The van der Waals surface area contributed by atoms with Gasteiger partial charge in [0.1, 0.15) is 0 Å². The molecule has 1 heterocycles. The molecule has 3 rings (SSSR count). The molecule has 1 saturated carbocycles. The number of pyridine rings is 1. The highest BCUT2D eigenvalue weighted by atomic mass is 16.3. The van der Waals surface area contributed by atoms with Crippen molar-refractivity contribution in [3.05, 3.63) is 42.1 Å². The van der Waals surface area contributed by atoms with Crippen molar-refractivity contribution in [2.75, 3.05) is 0 Å². The van der Waals surface area contributed by atoms with Crippen molar-refractivity contribution in [3.8, 4) is 0 Å². The SMILES string of the molecule is CC1CC1(O)c1ccc2ncccc2c1. The molecular weight excluding hydrogens is 186 g/mol. The average molecular weight is 199 g/mol. The molecule has 2 heteroatoms. The number of aromatic nitrogens is 1. The largest absolute Gasteiger partial charge is 0.385 e. The molecule has 1 fully saturated rings. The lowest BCUT2D eigenvalue weighted by atomic mass is 10.0. The maximum atomic E-state index is 10.2. The van der Waals surface area contributed by atoms with Gasteiger partial charge in [-0.25, -0.2) is 0 Å². The standard InChI is InChI=1S/C13H13NO/c1-9-8-13(9,15)11-4-5-12-10(7-11)3-2-6-14-12/h2-7,9,15H,8H2,1H3. The van der Waals surface area contributed by atoms with Crippen LogP contribution in [0, 0.1) is 5.92 Å². The molecule has 1 aromatic heterocycles. The minimum atomic E-state index is -0.579. The van der Waals surface area contributed by atoms with E-state index in [9.17, 15) is 5.11 Å². The average Bonchev–Trinajstić information content (AvgIpc) is 2.88. The summed E-state index contributed by atoms with van der Waals surface area (Å²) in [6.45, 7) is 2.08. The number of nitrogens with zero attached hydrogens (tertiary/aromatic N) is 1. The molecule has 76 valence electrons. The Morgan fingerprint density at radius 1 is 1.40 bits per heavy atom. The summed E-state index contributed by atoms with van der Waals surface area (Å²) in [5.41, 5.74) is 1.43. The maximum absolute atomic E-state index is 10.2. The van der Waals surface area contributed by atoms with E-state index in [0.717, 1.165) is 22.9 Å². The predicted molar refractivity (Wildman–Crippen MR) is 59.4 cm³/mol. The van der Waals surface area contributed by atoms with Crippen LogP contribution in [0.25, 0.3) is 10.9 Å². The van der Waals surface area contributed by atoms with E-state index in [1.165, 1.54) is 0 Å². The molecule has 2 aromatic rings. The van der Waals surface area contributed by atoms with Crippen molar-refractivity contribution in [2.45, 2.75) is 18.9 Å². The van der Waals surface area contributed by atoms with Gasteiger partial charge >= 0.3 is 0 Å². The van der Waals surface area contributed by atoms with Crippen molar-refractivity contribution in [1.29, 1.82) is 0 Å². The van der Waals surface area contributed by atoms with Gasteiger partial charge < -0.3 is 5.11 Å². The van der Waals surface area contributed by atoms with Gasteiger partial charge in [0.25, 0.3) is 0 Å². The van der Waals surface area contributed by atoms with Crippen LogP contribution in [0.4, 0.5) is 0 Å². The molecule has 0 saturated heterocycles. The van der Waals surface area contributed by atoms with E-state index < -0.39 is 5.60 Å². The van der Waals surface area contributed by atoms with Crippen molar-refractivity contribution in [2.24, 2.45) is 5.92 Å². The van der Waals surface area contributed by atoms with Gasteiger partial charge in [0.05, 0.1) is 11.1 Å². The minimum absolute atomic E-state index is 0.381. The second-order valence-electron chi connectivity index (χ2n) is 4.44. The third-order valence-electron chi connectivity index (χ3n) is 3.38. The topological polar surface area (TPSA) is 33.1 Å². The van der Waals surface area contributed by atoms with Gasteiger partial charge in [0.2, 0.25) is 0 Å². The number of benzene rings is 1. The summed E-state index contributed by atoms with van der Waals surface area (Å²) >= 11 is 0. The molecule has 0 aliphatic heterocycles. The number of fused-ring (bicyclic) bond motifs is 1. The first-order valence-corrected chi connectivity index (χ1v) is 5.28. The van der Waals surface area contributed by atoms with Gasteiger partial charge in [-0.2, -0.15) is 0 Å². The number of aliphatic hydroxyl groups is 1. The number of rotatable bonds is 1. The fourth-order valence-corrected chi connectivity index (χ4v) is 2.16. The first kappa shape index (κ1) is 8.86. The molecule has 1 aromatic carbocycles. The van der Waals surface area contributed by atoms with Crippen molar-refractivity contribution < 1.29 is 5.11 Å². The lowest BCUT2D eigenvalue weighted by Gasteiger charge is -2.10. The molecule has 15 heavy (non-hydrogen) atoms. The molecule has 0 bridgehead atoms. The van der Waals surface area contributed by atoms with Gasteiger partial charge in [0.15, 0.2) is 0 Å². The van der Waals surface area contributed by atoms with Crippen molar-refractivity contribution >= 4 is 10.9 Å². The lowest BCUT2D eigenvalue weighted by molar-refractivity contribution is 0.135. The monoisotopic (exact) mass is 199 g/mol. The molecule has 2 atom stereocenters. The summed E-state index contributed by atoms with van der Waals surface area (Å²) < 4.78 is 0. The van der Waals surface area contributed by atoms with E-state index in [0.29, 0.717) is 5.92 Å². The highest BCUT2D eigenvalue weighted by Crippen LogP contribution is 2.51. The van der Waals surface area contributed by atoms with Gasteiger partial charge in [-0.15, -0.1) is 0 Å². The second kappa shape index (κ2) is 2.80. The van der Waals surface area contributed by atoms with Crippen LogP contribution in [0.3, 0.4) is 0 Å². The summed E-state index contributed by atoms with van der Waals surface area (Å²) in [5.74, 6) is 0.381. The fourth-order valence-electron chi connectivity index (χ4n) is 2.16. The fraction of sp³-hybridized carbons (Fsp3) is 0.308. The van der Waals surface area contributed by atoms with Gasteiger partial charge in [-0.1, -0.05) is 19.1 Å². The van der Waals surface area contributed by atoms with Gasteiger partial charge in [-0.05, 0) is 36.1 Å². The zero-order valence-corrected chi connectivity index (χ0v) is 8.64. The highest BCUT2D eigenvalue weighted by molar-refractivity contribution is 5.79. The maximum Gasteiger partial charge on any atom is 0.0927 e. The quantitative estimate of drug-likeness (QED) is 0.765. The van der Waals surface area contributed by atoms with Crippen LogP contribution in [-0.4, -0.2) is 10.1 Å². The zero-order chi connectivity index (χ0) is 10.5. The third kappa shape index (κ3) is 1.25. The van der Waals surface area contributed by atoms with Crippen LogP contribution in [0.2, 0.25) is 0 Å². The van der Waals surface area contributed by atoms with E-state index in [4.69, 9.17) is 0 Å². The molecule has 1 aliphatic carbocycles. The Morgan fingerprint density at radius 3 is 2.93 bits per heavy atom. The van der Waals surface area contributed by atoms with E-state index in [1.54, 1.807) is 6.20 Å². The van der Waals surface area contributed by atoms with Gasteiger partial charge in [0, 0.05) is 11.6 Å². The van der Waals surface area contributed by atoms with Crippen molar-refractivity contribution in [1.82, 2.24) is 4.98 Å². The van der Waals surface area contributed by atoms with E-state index in [2.05, 4.69) is 11.9 Å². The lowest BCUT2D eigenvalue weighted by Crippen LogP contribution is -2.07. The van der Waals surface area contributed by atoms with Crippen LogP contribution < -0.4 is 0 Å². The minimum Gasteiger partial charge on any atom is -0.385 e. The van der Waals surface area contributed by atoms with Crippen LogP contribution in [0.15, 0.2) is 36.5 Å². The highest BCUT2D eigenvalue weighted by Gasteiger charge is 2.50. The van der Waals surface area contributed by atoms with E-state index >= 15 is 0 Å². The third-order valence-corrected chi connectivity index (χ3v) is 3.38. The molecule has 2 unspecified atom stereocenters. The molecule has 0 spiro atoms. The summed E-state index contributed by atoms with van der Waals surface area (Å²) in [7, 11) is 0. The molecule has 1 aliphatic rings. The molecule has 2 nitrogen and oxygen atoms in total. The van der Waals surface area contributed by atoms with E-state index in [1.807, 2.05) is 30.3 Å². The van der Waals surface area contributed by atoms with Gasteiger partial charge in [-0.3, -0.25) is 4.98 Å². The smallest absolute Gasteiger partial charge is 0.0927 e.